The zero-order valence-electron chi connectivity index (χ0n) is 7.67. The Kier molecular flexibility index (Phi) is 4.49. The third kappa shape index (κ3) is 4.92. The van der Waals surface area contributed by atoms with Crippen LogP contribution in [0.4, 0.5) is 9.59 Å². The number of carbonyl (C=O) groups is 2. The van der Waals surface area contributed by atoms with Gasteiger partial charge in [0.1, 0.15) is 6.61 Å². The fourth-order valence-electron chi connectivity index (χ4n) is 0.838. The van der Waals surface area contributed by atoms with Crippen molar-refractivity contribution in [1.82, 2.24) is 4.72 Å². The fourth-order valence-corrected chi connectivity index (χ4v) is 1.07. The van der Waals surface area contributed by atoms with Crippen LogP contribution in [0.2, 0.25) is 0 Å². The Bertz CT molecular complexity index is 341. The van der Waals surface area contributed by atoms with Gasteiger partial charge < -0.3 is 9.84 Å². The molecule has 0 saturated heterocycles. The van der Waals surface area contributed by atoms with Crippen LogP contribution in [0.3, 0.4) is 0 Å². The van der Waals surface area contributed by atoms with E-state index in [0.717, 1.165) is 5.56 Å². The Hall–Kier alpha value is -1.69. The average Bonchev–Trinajstić information content (AvgIpc) is 2.25. The number of nitrogens with one attached hydrogen (secondary N) is 1. The monoisotopic (exact) mass is 227 g/mol. The molecule has 0 heterocycles. The van der Waals surface area contributed by atoms with Gasteiger partial charge in [0, 0.05) is 0 Å². The van der Waals surface area contributed by atoms with Gasteiger partial charge in [0.25, 0.3) is 0 Å². The van der Waals surface area contributed by atoms with Crippen LogP contribution < -0.4 is 4.72 Å². The van der Waals surface area contributed by atoms with E-state index in [2.05, 4.69) is 0 Å². The summed E-state index contributed by atoms with van der Waals surface area (Å²) in [5.74, 6) is 0. The van der Waals surface area contributed by atoms with Crippen LogP contribution in [-0.4, -0.2) is 16.5 Å². The summed E-state index contributed by atoms with van der Waals surface area (Å²) in [6, 6.07) is 9.10. The molecule has 0 bridgehead atoms. The van der Waals surface area contributed by atoms with Gasteiger partial charge in [-0.2, -0.15) is 0 Å². The molecule has 0 saturated carbocycles. The molecule has 5 nitrogen and oxygen atoms in total. The van der Waals surface area contributed by atoms with E-state index in [0.29, 0.717) is 0 Å². The molecule has 1 aromatic rings. The first kappa shape index (κ1) is 11.4. The summed E-state index contributed by atoms with van der Waals surface area (Å²) < 4.78 is 6.75. The molecule has 0 aliphatic rings. The van der Waals surface area contributed by atoms with Gasteiger partial charge >= 0.3 is 11.4 Å². The van der Waals surface area contributed by atoms with Crippen molar-refractivity contribution < 1.29 is 19.4 Å². The summed E-state index contributed by atoms with van der Waals surface area (Å²) in [7, 11) is 0. The number of carbonyl (C=O) groups excluding carboxylic acids is 1. The summed E-state index contributed by atoms with van der Waals surface area (Å²) in [5, 5.41) is 7.05. The maximum Gasteiger partial charge on any atom is 0.417 e. The Balaban J connectivity index is 2.26. The van der Waals surface area contributed by atoms with Crippen molar-refractivity contribution in [2.24, 2.45) is 0 Å². The van der Waals surface area contributed by atoms with Gasteiger partial charge in [-0.25, -0.2) is 9.59 Å². The molecule has 15 heavy (non-hydrogen) atoms. The predicted molar refractivity (Wildman–Crippen MR) is 55.4 cm³/mol. The van der Waals surface area contributed by atoms with E-state index in [9.17, 15) is 9.59 Å². The summed E-state index contributed by atoms with van der Waals surface area (Å²) in [5.41, 5.74) is 0.841. The third-order valence-electron chi connectivity index (χ3n) is 1.43. The van der Waals surface area contributed by atoms with E-state index < -0.39 is 11.4 Å². The molecule has 0 unspecified atom stereocenters. The number of benzene rings is 1. The minimum absolute atomic E-state index is 0.118. The Labute approximate surface area is 90.6 Å². The van der Waals surface area contributed by atoms with Crippen molar-refractivity contribution in [2.45, 2.75) is 6.61 Å². The third-order valence-corrected chi connectivity index (χ3v) is 1.88. The van der Waals surface area contributed by atoms with Crippen LogP contribution in [0.1, 0.15) is 5.56 Å². The molecule has 1 rings (SSSR count). The van der Waals surface area contributed by atoms with E-state index in [1.54, 1.807) is 12.1 Å². The first-order chi connectivity index (χ1) is 7.18. The van der Waals surface area contributed by atoms with Crippen LogP contribution in [0.15, 0.2) is 30.3 Å². The highest BCUT2D eigenvalue weighted by molar-refractivity contribution is 8.11. The van der Waals surface area contributed by atoms with Gasteiger partial charge in [0.15, 0.2) is 0 Å². The summed E-state index contributed by atoms with van der Waals surface area (Å²) in [4.78, 5) is 21.0. The van der Waals surface area contributed by atoms with Crippen LogP contribution in [-0.2, 0) is 11.3 Å². The number of hydrogen-bond donors (Lipinski definition) is 2. The summed E-state index contributed by atoms with van der Waals surface area (Å²) in [6.07, 6.45) is -0.772. The molecular weight excluding hydrogens is 218 g/mol. The molecule has 0 radical (unpaired) electrons. The van der Waals surface area contributed by atoms with Crippen molar-refractivity contribution in [3.8, 4) is 0 Å². The van der Waals surface area contributed by atoms with Crippen LogP contribution >= 0.6 is 11.9 Å². The maximum atomic E-state index is 10.9. The van der Waals surface area contributed by atoms with Crippen molar-refractivity contribution in [2.75, 3.05) is 0 Å². The standard InChI is InChI=1S/C9H9NO4S/c11-8(10-15-9(12)13)14-6-7-4-2-1-3-5-7/h1-5H,6H2,(H,10,11)(H,12,13). The molecule has 0 aliphatic carbocycles. The molecule has 0 atom stereocenters. The molecule has 0 spiro atoms. The van der Waals surface area contributed by atoms with Crippen LogP contribution in [0.25, 0.3) is 0 Å². The van der Waals surface area contributed by atoms with Crippen molar-refractivity contribution in [3.63, 3.8) is 0 Å². The number of carboxylic acid groups (broad SMARTS) is 1. The Morgan fingerprint density at radius 1 is 1.33 bits per heavy atom. The van der Waals surface area contributed by atoms with Crippen LogP contribution in [0.5, 0.6) is 0 Å². The first-order valence-electron chi connectivity index (χ1n) is 4.05. The predicted octanol–water partition coefficient (Wildman–Crippen LogP) is 2.24. The van der Waals surface area contributed by atoms with E-state index in [1.165, 1.54) is 0 Å². The number of ether oxygens (including phenoxy) is 1. The van der Waals surface area contributed by atoms with Gasteiger partial charge in [0.05, 0.1) is 11.9 Å². The lowest BCUT2D eigenvalue weighted by Crippen LogP contribution is -2.18. The Morgan fingerprint density at radius 3 is 2.60 bits per heavy atom. The molecule has 0 fully saturated rings. The minimum Gasteiger partial charge on any atom is -0.472 e. The topological polar surface area (TPSA) is 75.6 Å². The van der Waals surface area contributed by atoms with Gasteiger partial charge in [-0.3, -0.25) is 4.72 Å². The van der Waals surface area contributed by atoms with E-state index in [1.807, 2.05) is 22.9 Å². The number of rotatable bonds is 2. The molecule has 0 aromatic heterocycles. The van der Waals surface area contributed by atoms with E-state index >= 15 is 0 Å². The molecular formula is C9H9NO4S. The van der Waals surface area contributed by atoms with Gasteiger partial charge in [-0.1, -0.05) is 30.3 Å². The van der Waals surface area contributed by atoms with Gasteiger partial charge in [-0.05, 0) is 5.56 Å². The molecule has 1 amide bonds. The van der Waals surface area contributed by atoms with Gasteiger partial charge in [-0.15, -0.1) is 0 Å². The zero-order chi connectivity index (χ0) is 11.1. The van der Waals surface area contributed by atoms with E-state index in [-0.39, 0.29) is 18.6 Å². The second-order valence-electron chi connectivity index (χ2n) is 2.53. The van der Waals surface area contributed by atoms with E-state index in [4.69, 9.17) is 9.84 Å². The first-order valence-corrected chi connectivity index (χ1v) is 4.86. The van der Waals surface area contributed by atoms with Crippen molar-refractivity contribution in [3.05, 3.63) is 35.9 Å². The molecule has 80 valence electrons. The zero-order valence-corrected chi connectivity index (χ0v) is 8.49. The highest BCUT2D eigenvalue weighted by Crippen LogP contribution is 2.01. The highest BCUT2D eigenvalue weighted by Gasteiger charge is 2.05. The lowest BCUT2D eigenvalue weighted by Gasteiger charge is -2.03. The molecule has 6 heteroatoms. The number of hydrogen-bond acceptors (Lipinski definition) is 4. The minimum atomic E-state index is -1.19. The fraction of sp³-hybridized carbons (Fsp3) is 0.111. The molecule has 1 aromatic carbocycles. The summed E-state index contributed by atoms with van der Waals surface area (Å²) >= 11 is 0.267. The Morgan fingerprint density at radius 2 is 2.00 bits per heavy atom. The highest BCUT2D eigenvalue weighted by atomic mass is 32.2. The van der Waals surface area contributed by atoms with Gasteiger partial charge in [0.2, 0.25) is 0 Å². The quantitative estimate of drug-likeness (QED) is 0.758. The lowest BCUT2D eigenvalue weighted by molar-refractivity contribution is 0.146. The molecule has 2 N–H and O–H groups in total. The largest absolute Gasteiger partial charge is 0.472 e. The maximum absolute atomic E-state index is 10.9. The smallest absolute Gasteiger partial charge is 0.417 e. The van der Waals surface area contributed by atoms with Crippen LogP contribution in [0, 0.1) is 0 Å². The van der Waals surface area contributed by atoms with Crippen molar-refractivity contribution in [1.29, 1.82) is 0 Å². The normalized spacial score (nSPS) is 9.33. The lowest BCUT2D eigenvalue weighted by atomic mass is 10.2. The summed E-state index contributed by atoms with van der Waals surface area (Å²) in [6.45, 7) is 0.118. The second-order valence-corrected chi connectivity index (χ2v) is 3.29. The second kappa shape index (κ2) is 5.92. The number of amides is 1. The SMILES string of the molecule is O=C(NSC(=O)O)OCc1ccccc1. The van der Waals surface area contributed by atoms with Crippen molar-refractivity contribution >= 4 is 23.3 Å². The average molecular weight is 227 g/mol. The molecule has 0 aliphatic heterocycles.